The van der Waals surface area contributed by atoms with Crippen LogP contribution in [0.4, 0.5) is 0 Å². The zero-order chi connectivity index (χ0) is 44.2. The van der Waals surface area contributed by atoms with E-state index in [2.05, 4.69) is 104 Å². The highest BCUT2D eigenvalue weighted by molar-refractivity contribution is 6.24. The van der Waals surface area contributed by atoms with Crippen LogP contribution in [0.25, 0.3) is 127 Å². The molecule has 0 aliphatic rings. The molecule has 0 saturated heterocycles. The van der Waals surface area contributed by atoms with Gasteiger partial charge in [0, 0.05) is 43.4 Å². The summed E-state index contributed by atoms with van der Waals surface area (Å²) in [6, 6.07) is 59.5. The van der Waals surface area contributed by atoms with Gasteiger partial charge >= 0.3 is 0 Å². The number of nitrogens with zero attached hydrogens (tertiary/aromatic N) is 4. The van der Waals surface area contributed by atoms with Crippen molar-refractivity contribution in [1.82, 2.24) is 18.8 Å². The first-order valence-corrected chi connectivity index (χ1v) is 22.0. The molecule has 9 aromatic carbocycles. The topological polar surface area (TPSA) is 68.7 Å². The lowest BCUT2D eigenvalue weighted by molar-refractivity contribution is 1.19. The van der Waals surface area contributed by atoms with Gasteiger partial charge in [0.05, 0.1) is 22.1 Å². The van der Waals surface area contributed by atoms with Crippen LogP contribution in [-0.2, 0) is 0 Å². The zero-order valence-electron chi connectivity index (χ0n) is 35.5. The van der Waals surface area contributed by atoms with Crippen LogP contribution in [0.1, 0.15) is 5.56 Å². The van der Waals surface area contributed by atoms with Gasteiger partial charge < -0.3 is 0 Å². The fourth-order valence-electron chi connectivity index (χ4n) is 10.4. The second kappa shape index (κ2) is 14.3. The van der Waals surface area contributed by atoms with Gasteiger partial charge in [-0.15, -0.1) is 0 Å². The van der Waals surface area contributed by atoms with Crippen LogP contribution in [0.15, 0.2) is 217 Å². The SMILES string of the molecule is C=C/C=C(\C=C)c1cc(-c2ccccc2)c2nc3c4cccc5c(-c6ccc7c(=O)n8c9cc(-c%10ccccc%10)cc(-c%10ccccc%10)c9nc8c8cccc6c78)ccc(c(=O)n3c2c1)c54. The molecule has 0 fully saturated rings. The number of fused-ring (bicyclic) bond motifs is 8. The summed E-state index contributed by atoms with van der Waals surface area (Å²) < 4.78 is 3.56. The molecular formula is C60H36N4O2. The molecule has 308 valence electrons. The number of hydrogen-bond acceptors (Lipinski definition) is 4. The number of benzene rings is 9. The maximum absolute atomic E-state index is 15.0. The van der Waals surface area contributed by atoms with E-state index < -0.39 is 0 Å². The summed E-state index contributed by atoms with van der Waals surface area (Å²) in [5.41, 5.74) is 13.7. The van der Waals surface area contributed by atoms with E-state index in [1.807, 2.05) is 97.1 Å². The van der Waals surface area contributed by atoms with E-state index in [0.29, 0.717) is 22.1 Å². The predicted octanol–water partition coefficient (Wildman–Crippen LogP) is 13.9. The highest BCUT2D eigenvalue weighted by Crippen LogP contribution is 2.43. The molecule has 13 aromatic rings. The average Bonchev–Trinajstić information content (AvgIpc) is 3.97. The number of allylic oxidation sites excluding steroid dienone is 4. The number of imidazole rings is 2. The molecule has 4 aromatic heterocycles. The third-order valence-electron chi connectivity index (χ3n) is 13.4. The second-order valence-corrected chi connectivity index (χ2v) is 16.9. The van der Waals surface area contributed by atoms with Crippen molar-refractivity contribution >= 4 is 82.0 Å². The van der Waals surface area contributed by atoms with E-state index in [9.17, 15) is 9.59 Å². The Bertz CT molecular complexity index is 4340. The van der Waals surface area contributed by atoms with Gasteiger partial charge in [-0.05, 0) is 91.7 Å². The Labute approximate surface area is 377 Å². The van der Waals surface area contributed by atoms with Crippen LogP contribution in [0, 0.1) is 0 Å². The summed E-state index contributed by atoms with van der Waals surface area (Å²) in [4.78, 5) is 40.5. The van der Waals surface area contributed by atoms with Crippen molar-refractivity contribution in [2.45, 2.75) is 0 Å². The molecule has 0 unspecified atom stereocenters. The van der Waals surface area contributed by atoms with E-state index in [1.54, 1.807) is 14.9 Å². The predicted molar refractivity (Wildman–Crippen MR) is 274 cm³/mol. The smallest absolute Gasteiger partial charge is 0.264 e. The summed E-state index contributed by atoms with van der Waals surface area (Å²) in [5.74, 6) is 0. The van der Waals surface area contributed by atoms with Gasteiger partial charge in [0.25, 0.3) is 11.1 Å². The first-order chi connectivity index (χ1) is 32.5. The first-order valence-electron chi connectivity index (χ1n) is 22.0. The summed E-state index contributed by atoms with van der Waals surface area (Å²) in [6.45, 7) is 8.00. The van der Waals surface area contributed by atoms with Gasteiger partial charge in [0.15, 0.2) is 0 Å². The first kappa shape index (κ1) is 37.5. The van der Waals surface area contributed by atoms with Gasteiger partial charge in [-0.25, -0.2) is 9.97 Å². The molecule has 0 amide bonds. The molecule has 0 radical (unpaired) electrons. The number of hydrogen-bond donors (Lipinski definition) is 0. The van der Waals surface area contributed by atoms with Crippen LogP contribution in [0.5, 0.6) is 0 Å². The van der Waals surface area contributed by atoms with Crippen molar-refractivity contribution in [3.05, 3.63) is 234 Å². The molecular weight excluding hydrogens is 809 g/mol. The standard InChI is InChI=1S/C60H36N4O2/c1-3-16-35(4-2)39-31-49(37-19-10-6-11-20-37)55-51(33-39)63-57(61-55)45-25-14-23-43-41(27-29-47(53(43)45)59(63)65)42-28-30-48-54-44(42)24-15-26-46(54)58-62-56-50(38-21-12-7-13-22-38)32-40(36-17-8-5-9-18-36)34-52(56)64(58)60(48)66/h3-34H,1-2H2/b35-16+. The van der Waals surface area contributed by atoms with E-state index >= 15 is 0 Å². The maximum atomic E-state index is 15.0. The lowest BCUT2D eigenvalue weighted by Crippen LogP contribution is -2.14. The molecule has 13 rings (SSSR count). The quantitative estimate of drug-likeness (QED) is 0.150. The lowest BCUT2D eigenvalue weighted by Gasteiger charge is -2.15. The van der Waals surface area contributed by atoms with Gasteiger partial charge in [0.1, 0.15) is 11.3 Å². The van der Waals surface area contributed by atoms with Crippen molar-refractivity contribution in [3.8, 4) is 44.5 Å². The van der Waals surface area contributed by atoms with Crippen LogP contribution < -0.4 is 11.1 Å². The minimum Gasteiger partial charge on any atom is -0.268 e. The molecule has 0 aliphatic heterocycles. The molecule has 0 bridgehead atoms. The fourth-order valence-corrected chi connectivity index (χ4v) is 10.4. The Morgan fingerprint density at radius 3 is 1.39 bits per heavy atom. The normalized spacial score (nSPS) is 12.3. The summed E-state index contributed by atoms with van der Waals surface area (Å²) in [6.07, 6.45) is 5.48. The van der Waals surface area contributed by atoms with Gasteiger partial charge in [-0.2, -0.15) is 0 Å². The third kappa shape index (κ3) is 5.30. The molecule has 0 aliphatic carbocycles. The number of rotatable bonds is 7. The molecule has 0 saturated carbocycles. The van der Waals surface area contributed by atoms with Crippen molar-refractivity contribution in [1.29, 1.82) is 0 Å². The molecule has 0 spiro atoms. The molecule has 0 atom stereocenters. The number of pyridine rings is 2. The summed E-state index contributed by atoms with van der Waals surface area (Å²) in [7, 11) is 0. The minimum atomic E-state index is -0.140. The summed E-state index contributed by atoms with van der Waals surface area (Å²) >= 11 is 0. The Morgan fingerprint density at radius 1 is 0.424 bits per heavy atom. The van der Waals surface area contributed by atoms with Crippen LogP contribution in [0.3, 0.4) is 0 Å². The van der Waals surface area contributed by atoms with Crippen molar-refractivity contribution in [2.75, 3.05) is 0 Å². The Morgan fingerprint density at radius 2 is 0.894 bits per heavy atom. The monoisotopic (exact) mass is 844 g/mol. The van der Waals surface area contributed by atoms with Crippen LogP contribution >= 0.6 is 0 Å². The highest BCUT2D eigenvalue weighted by atomic mass is 16.1. The van der Waals surface area contributed by atoms with Crippen molar-refractivity contribution in [2.24, 2.45) is 0 Å². The minimum absolute atomic E-state index is 0.119. The molecule has 66 heavy (non-hydrogen) atoms. The largest absolute Gasteiger partial charge is 0.268 e. The van der Waals surface area contributed by atoms with E-state index in [1.165, 1.54) is 0 Å². The third-order valence-corrected chi connectivity index (χ3v) is 13.4. The Kier molecular flexibility index (Phi) is 8.11. The van der Waals surface area contributed by atoms with Crippen LogP contribution in [-0.4, -0.2) is 18.8 Å². The molecule has 4 heterocycles. The van der Waals surface area contributed by atoms with Crippen LogP contribution in [0.2, 0.25) is 0 Å². The van der Waals surface area contributed by atoms with Gasteiger partial charge in [-0.3, -0.25) is 18.4 Å². The lowest BCUT2D eigenvalue weighted by atomic mass is 9.90. The zero-order valence-corrected chi connectivity index (χ0v) is 35.5. The van der Waals surface area contributed by atoms with Crippen molar-refractivity contribution < 1.29 is 0 Å². The highest BCUT2D eigenvalue weighted by Gasteiger charge is 2.24. The van der Waals surface area contributed by atoms with Crippen molar-refractivity contribution in [3.63, 3.8) is 0 Å². The molecule has 0 N–H and O–H groups in total. The van der Waals surface area contributed by atoms with Gasteiger partial charge in [0.2, 0.25) is 0 Å². The second-order valence-electron chi connectivity index (χ2n) is 16.9. The fraction of sp³-hybridized carbons (Fsp3) is 0. The van der Waals surface area contributed by atoms with Gasteiger partial charge in [-0.1, -0.05) is 171 Å². The molecule has 6 heteroatoms. The number of aromatic nitrogens is 4. The van der Waals surface area contributed by atoms with E-state index in [4.69, 9.17) is 9.97 Å². The molecule has 6 nitrogen and oxygen atoms in total. The van der Waals surface area contributed by atoms with E-state index in [-0.39, 0.29) is 11.1 Å². The van der Waals surface area contributed by atoms with E-state index in [0.717, 1.165) is 110 Å². The average molecular weight is 845 g/mol. The Hall–Kier alpha value is -9.00. The summed E-state index contributed by atoms with van der Waals surface area (Å²) in [5, 5.41) is 6.56. The maximum Gasteiger partial charge on any atom is 0.264 e. The Balaban J connectivity index is 1.07.